The highest BCUT2D eigenvalue weighted by molar-refractivity contribution is 6.30. The van der Waals surface area contributed by atoms with E-state index in [-0.39, 0.29) is 29.2 Å². The maximum absolute atomic E-state index is 12.9. The number of halogens is 1. The first-order chi connectivity index (χ1) is 12.8. The minimum Gasteiger partial charge on any atom is -0.512 e. The smallest absolute Gasteiger partial charge is 0.163 e. The highest BCUT2D eigenvalue weighted by Crippen LogP contribution is 2.42. The molecule has 2 aromatic rings. The van der Waals surface area contributed by atoms with Gasteiger partial charge in [0.2, 0.25) is 0 Å². The number of rotatable bonds is 5. The monoisotopic (exact) mass is 382 g/mol. The molecule has 2 aromatic carbocycles. The summed E-state index contributed by atoms with van der Waals surface area (Å²) >= 11 is 6.00. The van der Waals surface area contributed by atoms with E-state index in [4.69, 9.17) is 11.6 Å². The van der Waals surface area contributed by atoms with Crippen LogP contribution in [-0.2, 0) is 4.79 Å². The molecular weight excluding hydrogens is 360 g/mol. The number of hydrogen-bond acceptors (Lipinski definition) is 3. The Morgan fingerprint density at radius 1 is 1.07 bits per heavy atom. The van der Waals surface area contributed by atoms with E-state index < -0.39 is 5.92 Å². The van der Waals surface area contributed by atoms with Crippen LogP contribution in [0.2, 0.25) is 5.02 Å². The summed E-state index contributed by atoms with van der Waals surface area (Å²) in [6.07, 6.45) is 0.908. The lowest BCUT2D eigenvalue weighted by atomic mass is 9.71. The van der Waals surface area contributed by atoms with Crippen LogP contribution in [0.3, 0.4) is 0 Å². The minimum absolute atomic E-state index is 0.0616. The summed E-state index contributed by atoms with van der Waals surface area (Å²) in [5.41, 5.74) is 1.48. The number of carbonyl (C=O) groups is 2. The Kier molecular flexibility index (Phi) is 5.52. The van der Waals surface area contributed by atoms with Crippen molar-refractivity contribution in [3.8, 4) is 0 Å². The van der Waals surface area contributed by atoms with Gasteiger partial charge in [-0.15, -0.1) is 0 Å². The van der Waals surface area contributed by atoms with Gasteiger partial charge in [-0.1, -0.05) is 67.9 Å². The molecule has 0 amide bonds. The molecule has 3 nitrogen and oxygen atoms in total. The van der Waals surface area contributed by atoms with Crippen LogP contribution < -0.4 is 0 Å². The zero-order valence-electron chi connectivity index (χ0n) is 15.5. The Balaban J connectivity index is 2.01. The van der Waals surface area contributed by atoms with E-state index in [0.717, 1.165) is 5.56 Å². The molecule has 0 aromatic heterocycles. The molecule has 1 unspecified atom stereocenters. The topological polar surface area (TPSA) is 54.4 Å². The summed E-state index contributed by atoms with van der Waals surface area (Å²) in [5.74, 6) is -0.548. The molecule has 0 fully saturated rings. The molecule has 0 aliphatic heterocycles. The van der Waals surface area contributed by atoms with E-state index in [9.17, 15) is 14.7 Å². The number of Topliss-reactive ketones (excluding diaryl/α,β-unsaturated/α-hetero) is 2. The van der Waals surface area contributed by atoms with Crippen molar-refractivity contribution < 1.29 is 14.7 Å². The van der Waals surface area contributed by atoms with Crippen LogP contribution >= 0.6 is 11.6 Å². The largest absolute Gasteiger partial charge is 0.512 e. The SMILES string of the molecule is CC1(C)CC(=O)C(C(CC(=O)c2ccccc2)c2ccc(Cl)cc2)=C(O)C1. The van der Waals surface area contributed by atoms with E-state index in [1.165, 1.54) is 0 Å². The Morgan fingerprint density at radius 2 is 1.70 bits per heavy atom. The van der Waals surface area contributed by atoms with Crippen molar-refractivity contribution in [1.29, 1.82) is 0 Å². The third-order valence-electron chi connectivity index (χ3n) is 5.00. The molecule has 1 atom stereocenters. The zero-order chi connectivity index (χ0) is 19.6. The summed E-state index contributed by atoms with van der Waals surface area (Å²) < 4.78 is 0. The van der Waals surface area contributed by atoms with E-state index in [1.54, 1.807) is 24.3 Å². The predicted molar refractivity (Wildman–Crippen MR) is 107 cm³/mol. The van der Waals surface area contributed by atoms with E-state index in [1.807, 2.05) is 44.2 Å². The number of ketones is 2. The Hall–Kier alpha value is -2.39. The highest BCUT2D eigenvalue weighted by Gasteiger charge is 2.37. The first-order valence-electron chi connectivity index (χ1n) is 9.06. The van der Waals surface area contributed by atoms with Crippen LogP contribution in [0.1, 0.15) is 54.9 Å². The quantitative estimate of drug-likeness (QED) is 0.655. The first kappa shape index (κ1) is 19.4. The van der Waals surface area contributed by atoms with Crippen LogP contribution in [0.5, 0.6) is 0 Å². The molecule has 4 heteroatoms. The second kappa shape index (κ2) is 7.69. The summed E-state index contributed by atoms with van der Waals surface area (Å²) in [6, 6.07) is 16.1. The second-order valence-electron chi connectivity index (χ2n) is 7.90. The molecule has 1 aliphatic rings. The van der Waals surface area contributed by atoms with Crippen molar-refractivity contribution in [2.24, 2.45) is 5.41 Å². The third-order valence-corrected chi connectivity index (χ3v) is 5.25. The summed E-state index contributed by atoms with van der Waals surface area (Å²) in [7, 11) is 0. The molecular formula is C23H23ClO3. The van der Waals surface area contributed by atoms with Crippen molar-refractivity contribution in [2.75, 3.05) is 0 Å². The van der Waals surface area contributed by atoms with Crippen LogP contribution in [0, 0.1) is 5.41 Å². The second-order valence-corrected chi connectivity index (χ2v) is 8.34. The fourth-order valence-electron chi connectivity index (χ4n) is 3.71. The van der Waals surface area contributed by atoms with Gasteiger partial charge in [0.15, 0.2) is 11.6 Å². The third kappa shape index (κ3) is 4.48. The molecule has 0 radical (unpaired) electrons. The number of hydrogen-bond donors (Lipinski definition) is 1. The van der Waals surface area contributed by atoms with E-state index in [2.05, 4.69) is 0 Å². The summed E-state index contributed by atoms with van der Waals surface area (Å²) in [5, 5.41) is 11.3. The number of aliphatic hydroxyl groups is 1. The molecule has 3 rings (SSSR count). The predicted octanol–water partition coefficient (Wildman–Crippen LogP) is 5.90. The molecule has 0 heterocycles. The minimum atomic E-state index is -0.487. The van der Waals surface area contributed by atoms with Crippen LogP contribution in [-0.4, -0.2) is 16.7 Å². The lowest BCUT2D eigenvalue weighted by Gasteiger charge is -2.32. The number of benzene rings is 2. The van der Waals surface area contributed by atoms with Crippen LogP contribution in [0.15, 0.2) is 65.9 Å². The molecule has 27 heavy (non-hydrogen) atoms. The molecule has 0 bridgehead atoms. The highest BCUT2D eigenvalue weighted by atomic mass is 35.5. The fourth-order valence-corrected chi connectivity index (χ4v) is 3.83. The number of allylic oxidation sites excluding steroid dienone is 2. The van der Waals surface area contributed by atoms with Crippen molar-refractivity contribution in [1.82, 2.24) is 0 Å². The number of aliphatic hydroxyl groups excluding tert-OH is 1. The van der Waals surface area contributed by atoms with Gasteiger partial charge in [-0.2, -0.15) is 0 Å². The van der Waals surface area contributed by atoms with Gasteiger partial charge in [-0.25, -0.2) is 0 Å². The standard InChI is InChI=1S/C23H23ClO3/c1-23(2)13-20(26)22(21(27)14-23)18(15-8-10-17(24)11-9-15)12-19(25)16-6-4-3-5-7-16/h3-11,18,26H,12-14H2,1-2H3. The average Bonchev–Trinajstić information content (AvgIpc) is 2.60. The maximum Gasteiger partial charge on any atom is 0.163 e. The molecule has 140 valence electrons. The Labute approximate surface area is 164 Å². The van der Waals surface area contributed by atoms with Gasteiger partial charge in [-0.3, -0.25) is 9.59 Å². The maximum atomic E-state index is 12.9. The van der Waals surface area contributed by atoms with Crippen molar-refractivity contribution in [3.63, 3.8) is 0 Å². The van der Waals surface area contributed by atoms with Crippen molar-refractivity contribution in [3.05, 3.63) is 82.1 Å². The van der Waals surface area contributed by atoms with Gasteiger partial charge in [0.25, 0.3) is 0 Å². The van der Waals surface area contributed by atoms with Crippen LogP contribution in [0.25, 0.3) is 0 Å². The molecule has 0 saturated heterocycles. The van der Waals surface area contributed by atoms with E-state index >= 15 is 0 Å². The molecule has 1 N–H and O–H groups in total. The lowest BCUT2D eigenvalue weighted by Crippen LogP contribution is -2.29. The summed E-state index contributed by atoms with van der Waals surface area (Å²) in [6.45, 7) is 3.93. The van der Waals surface area contributed by atoms with Gasteiger partial charge in [0.1, 0.15) is 5.76 Å². The normalized spacial score (nSPS) is 17.7. The average molecular weight is 383 g/mol. The Morgan fingerprint density at radius 3 is 2.30 bits per heavy atom. The van der Waals surface area contributed by atoms with Crippen molar-refractivity contribution in [2.45, 2.75) is 39.0 Å². The van der Waals surface area contributed by atoms with Gasteiger partial charge in [-0.05, 0) is 23.1 Å². The molecule has 0 spiro atoms. The van der Waals surface area contributed by atoms with Gasteiger partial charge < -0.3 is 5.11 Å². The zero-order valence-corrected chi connectivity index (χ0v) is 16.3. The van der Waals surface area contributed by atoms with Gasteiger partial charge in [0, 0.05) is 41.3 Å². The molecule has 0 saturated carbocycles. The van der Waals surface area contributed by atoms with Gasteiger partial charge >= 0.3 is 0 Å². The first-order valence-corrected chi connectivity index (χ1v) is 9.43. The van der Waals surface area contributed by atoms with Gasteiger partial charge in [0.05, 0.1) is 0 Å². The van der Waals surface area contributed by atoms with Crippen LogP contribution in [0.4, 0.5) is 0 Å². The fraction of sp³-hybridized carbons (Fsp3) is 0.304. The van der Waals surface area contributed by atoms with Crippen molar-refractivity contribution >= 4 is 23.2 Å². The summed E-state index contributed by atoms with van der Waals surface area (Å²) in [4.78, 5) is 25.7. The lowest BCUT2D eigenvalue weighted by molar-refractivity contribution is -0.118. The Bertz CT molecular complexity index is 880. The number of carbonyl (C=O) groups excluding carboxylic acids is 2. The van der Waals surface area contributed by atoms with E-state index in [0.29, 0.717) is 29.0 Å². The molecule has 1 aliphatic carbocycles.